The summed E-state index contributed by atoms with van der Waals surface area (Å²) in [7, 11) is 0. The van der Waals surface area contributed by atoms with E-state index < -0.39 is 0 Å². The van der Waals surface area contributed by atoms with Crippen LogP contribution in [0.4, 0.5) is 5.82 Å². The van der Waals surface area contributed by atoms with Gasteiger partial charge in [-0.2, -0.15) is 0 Å². The van der Waals surface area contributed by atoms with E-state index in [1.54, 1.807) is 0 Å². The molecule has 0 bridgehead atoms. The summed E-state index contributed by atoms with van der Waals surface area (Å²) in [5.41, 5.74) is 6.79. The van der Waals surface area contributed by atoms with E-state index in [1.807, 2.05) is 6.92 Å². The Hall–Kier alpha value is -0.990. The number of nitrogens with two attached hydrogens (primary N) is 1. The molecule has 17 heavy (non-hydrogen) atoms. The lowest BCUT2D eigenvalue weighted by atomic mass is 9.78. The van der Waals surface area contributed by atoms with Crippen molar-refractivity contribution in [2.24, 2.45) is 5.92 Å². The maximum absolute atomic E-state index is 5.74. The standard InChI is InChI=1S/C14H24N2O/c1-3-4-5-11-6-8-12(9-7-11)13-10(2)14(15)16-17-13/h11-12H,3-9H2,1-2H3,(H2,15,16). The van der Waals surface area contributed by atoms with Gasteiger partial charge in [-0.25, -0.2) is 0 Å². The fourth-order valence-electron chi connectivity index (χ4n) is 2.95. The summed E-state index contributed by atoms with van der Waals surface area (Å²) < 4.78 is 5.38. The van der Waals surface area contributed by atoms with Crippen molar-refractivity contribution in [3.63, 3.8) is 0 Å². The molecule has 1 fully saturated rings. The van der Waals surface area contributed by atoms with Gasteiger partial charge in [0, 0.05) is 11.5 Å². The van der Waals surface area contributed by atoms with Crippen molar-refractivity contribution >= 4 is 5.82 Å². The highest BCUT2D eigenvalue weighted by Gasteiger charge is 2.26. The van der Waals surface area contributed by atoms with Gasteiger partial charge in [-0.1, -0.05) is 31.3 Å². The minimum atomic E-state index is 0.553. The van der Waals surface area contributed by atoms with Crippen molar-refractivity contribution in [1.82, 2.24) is 5.16 Å². The number of aromatic nitrogens is 1. The predicted molar refractivity (Wildman–Crippen MR) is 69.9 cm³/mol. The molecule has 1 aliphatic carbocycles. The molecule has 1 aromatic heterocycles. The summed E-state index contributed by atoms with van der Waals surface area (Å²) >= 11 is 0. The molecular formula is C14H24N2O. The molecule has 1 aliphatic rings. The molecule has 2 N–H and O–H groups in total. The van der Waals surface area contributed by atoms with E-state index >= 15 is 0 Å². The Labute approximate surface area is 104 Å². The molecule has 1 saturated carbocycles. The van der Waals surface area contributed by atoms with Gasteiger partial charge in [0.25, 0.3) is 0 Å². The fourth-order valence-corrected chi connectivity index (χ4v) is 2.95. The van der Waals surface area contributed by atoms with Gasteiger partial charge in [0.15, 0.2) is 5.82 Å². The molecule has 96 valence electrons. The molecule has 0 unspecified atom stereocenters. The van der Waals surface area contributed by atoms with E-state index in [4.69, 9.17) is 10.3 Å². The molecular weight excluding hydrogens is 212 g/mol. The molecule has 0 saturated heterocycles. The van der Waals surface area contributed by atoms with Gasteiger partial charge in [0.05, 0.1) is 0 Å². The van der Waals surface area contributed by atoms with Gasteiger partial charge in [0.2, 0.25) is 0 Å². The smallest absolute Gasteiger partial charge is 0.170 e. The predicted octanol–water partition coefficient (Wildman–Crippen LogP) is 4.03. The molecule has 0 amide bonds. The zero-order chi connectivity index (χ0) is 12.3. The maximum Gasteiger partial charge on any atom is 0.170 e. The van der Waals surface area contributed by atoms with Crippen LogP contribution in [-0.2, 0) is 0 Å². The number of hydrogen-bond donors (Lipinski definition) is 1. The largest absolute Gasteiger partial charge is 0.381 e. The zero-order valence-electron chi connectivity index (χ0n) is 11.0. The number of anilines is 1. The van der Waals surface area contributed by atoms with Crippen LogP contribution in [0.3, 0.4) is 0 Å². The fraction of sp³-hybridized carbons (Fsp3) is 0.786. The van der Waals surface area contributed by atoms with Gasteiger partial charge in [-0.05, 0) is 38.5 Å². The summed E-state index contributed by atoms with van der Waals surface area (Å²) in [5.74, 6) is 3.09. The normalized spacial score (nSPS) is 25.1. The molecule has 0 radical (unpaired) electrons. The first-order chi connectivity index (χ1) is 8.22. The molecule has 0 aliphatic heterocycles. The molecule has 3 nitrogen and oxygen atoms in total. The lowest BCUT2D eigenvalue weighted by Crippen LogP contribution is -2.13. The third-order valence-corrected chi connectivity index (χ3v) is 4.18. The molecule has 2 rings (SSSR count). The minimum absolute atomic E-state index is 0.553. The molecule has 1 aromatic rings. The van der Waals surface area contributed by atoms with Gasteiger partial charge >= 0.3 is 0 Å². The van der Waals surface area contributed by atoms with Gasteiger partial charge in [-0.3, -0.25) is 0 Å². The summed E-state index contributed by atoms with van der Waals surface area (Å²) in [6, 6.07) is 0. The quantitative estimate of drug-likeness (QED) is 0.858. The average molecular weight is 236 g/mol. The van der Waals surface area contributed by atoms with Gasteiger partial charge in [0.1, 0.15) is 5.76 Å². The second-order valence-corrected chi connectivity index (χ2v) is 5.42. The summed E-state index contributed by atoms with van der Waals surface area (Å²) in [5, 5.41) is 3.86. The average Bonchev–Trinajstić information content (AvgIpc) is 2.68. The Morgan fingerprint density at radius 2 is 2.00 bits per heavy atom. The molecule has 1 heterocycles. The van der Waals surface area contributed by atoms with Crippen LogP contribution in [0.25, 0.3) is 0 Å². The van der Waals surface area contributed by atoms with E-state index in [-0.39, 0.29) is 0 Å². The van der Waals surface area contributed by atoms with E-state index in [0.717, 1.165) is 17.2 Å². The summed E-state index contributed by atoms with van der Waals surface area (Å²) in [6.07, 6.45) is 9.26. The van der Waals surface area contributed by atoms with E-state index in [9.17, 15) is 0 Å². The number of nitrogen functional groups attached to an aromatic ring is 1. The second kappa shape index (κ2) is 5.56. The van der Waals surface area contributed by atoms with Crippen molar-refractivity contribution in [2.75, 3.05) is 5.73 Å². The summed E-state index contributed by atoms with van der Waals surface area (Å²) in [6.45, 7) is 4.29. The lowest BCUT2D eigenvalue weighted by Gasteiger charge is -2.27. The first kappa shape index (κ1) is 12.5. The monoisotopic (exact) mass is 236 g/mol. The Kier molecular flexibility index (Phi) is 4.08. The van der Waals surface area contributed by atoms with E-state index in [0.29, 0.717) is 11.7 Å². The molecule has 0 atom stereocenters. The van der Waals surface area contributed by atoms with Crippen LogP contribution >= 0.6 is 0 Å². The highest BCUT2D eigenvalue weighted by Crippen LogP contribution is 2.39. The van der Waals surface area contributed by atoms with Crippen molar-refractivity contribution in [3.8, 4) is 0 Å². The lowest BCUT2D eigenvalue weighted by molar-refractivity contribution is 0.265. The third-order valence-electron chi connectivity index (χ3n) is 4.18. The minimum Gasteiger partial charge on any atom is -0.381 e. The van der Waals surface area contributed by atoms with Crippen molar-refractivity contribution in [3.05, 3.63) is 11.3 Å². The summed E-state index contributed by atoms with van der Waals surface area (Å²) in [4.78, 5) is 0. The first-order valence-corrected chi connectivity index (χ1v) is 6.94. The Morgan fingerprint density at radius 3 is 2.53 bits per heavy atom. The second-order valence-electron chi connectivity index (χ2n) is 5.42. The molecule has 3 heteroatoms. The van der Waals surface area contributed by atoms with Crippen molar-refractivity contribution in [1.29, 1.82) is 0 Å². The van der Waals surface area contributed by atoms with Crippen LogP contribution < -0.4 is 5.73 Å². The van der Waals surface area contributed by atoms with Crippen molar-refractivity contribution < 1.29 is 4.52 Å². The van der Waals surface area contributed by atoms with Crippen LogP contribution in [0.2, 0.25) is 0 Å². The van der Waals surface area contributed by atoms with E-state index in [2.05, 4.69) is 12.1 Å². The number of nitrogens with zero attached hydrogens (tertiary/aromatic N) is 1. The number of hydrogen-bond acceptors (Lipinski definition) is 3. The van der Waals surface area contributed by atoms with Gasteiger partial charge in [-0.15, -0.1) is 0 Å². The highest BCUT2D eigenvalue weighted by atomic mass is 16.5. The highest BCUT2D eigenvalue weighted by molar-refractivity contribution is 5.40. The SMILES string of the molecule is CCCCC1CCC(c2onc(N)c2C)CC1. The topological polar surface area (TPSA) is 52.0 Å². The number of unbranched alkanes of at least 4 members (excludes halogenated alkanes) is 1. The number of rotatable bonds is 4. The van der Waals surface area contributed by atoms with Crippen LogP contribution in [-0.4, -0.2) is 5.16 Å². The Morgan fingerprint density at radius 1 is 1.29 bits per heavy atom. The Bertz CT molecular complexity index is 351. The van der Waals surface area contributed by atoms with Crippen LogP contribution in [0.5, 0.6) is 0 Å². The molecule has 0 spiro atoms. The maximum atomic E-state index is 5.74. The molecule has 0 aromatic carbocycles. The van der Waals surface area contributed by atoms with E-state index in [1.165, 1.54) is 44.9 Å². The van der Waals surface area contributed by atoms with Crippen LogP contribution in [0, 0.1) is 12.8 Å². The third kappa shape index (κ3) is 2.82. The van der Waals surface area contributed by atoms with Gasteiger partial charge < -0.3 is 10.3 Å². The van der Waals surface area contributed by atoms with Crippen LogP contribution in [0.15, 0.2) is 4.52 Å². The van der Waals surface area contributed by atoms with Crippen molar-refractivity contribution in [2.45, 2.75) is 64.7 Å². The zero-order valence-corrected chi connectivity index (χ0v) is 11.0. The van der Waals surface area contributed by atoms with Crippen LogP contribution in [0.1, 0.15) is 69.1 Å². The Balaban J connectivity index is 1.89. The first-order valence-electron chi connectivity index (χ1n) is 6.94.